The number of aliphatic hydroxyl groups excluding tert-OH is 1. The Labute approximate surface area is 82.5 Å². The van der Waals surface area contributed by atoms with E-state index in [0.29, 0.717) is 11.8 Å². The lowest BCUT2D eigenvalue weighted by Crippen LogP contribution is -2.43. The van der Waals surface area contributed by atoms with Gasteiger partial charge in [-0.25, -0.2) is 0 Å². The lowest BCUT2D eigenvalue weighted by Gasteiger charge is -2.32. The molecule has 0 saturated heterocycles. The van der Waals surface area contributed by atoms with E-state index in [4.69, 9.17) is 10.8 Å². The summed E-state index contributed by atoms with van der Waals surface area (Å²) in [6, 6.07) is 0. The normalized spacial score (nSPS) is 12.9. The highest BCUT2D eigenvalue weighted by Gasteiger charge is 2.26. The van der Waals surface area contributed by atoms with E-state index in [1.807, 2.05) is 0 Å². The molecule has 0 aliphatic heterocycles. The minimum Gasteiger partial charge on any atom is -0.396 e. The molecule has 0 unspecified atom stereocenters. The van der Waals surface area contributed by atoms with Crippen LogP contribution < -0.4 is 5.73 Å². The predicted molar refractivity (Wildman–Crippen MR) is 57.5 cm³/mol. The summed E-state index contributed by atoms with van der Waals surface area (Å²) in [6.07, 6.45) is 2.74. The quantitative estimate of drug-likeness (QED) is 0.669. The van der Waals surface area contributed by atoms with Gasteiger partial charge in [0.05, 0.1) is 0 Å². The minimum absolute atomic E-state index is 0.156. The summed E-state index contributed by atoms with van der Waals surface area (Å²) in [5, 5.41) is 8.95. The molecule has 13 heavy (non-hydrogen) atoms. The van der Waals surface area contributed by atoms with Crippen LogP contribution in [0.15, 0.2) is 0 Å². The van der Waals surface area contributed by atoms with E-state index in [1.165, 1.54) is 0 Å². The molecular formula is C11H25NO. The molecule has 0 spiro atoms. The van der Waals surface area contributed by atoms with E-state index < -0.39 is 0 Å². The predicted octanol–water partition coefficient (Wildman–Crippen LogP) is 2.16. The molecule has 0 bridgehead atoms. The van der Waals surface area contributed by atoms with E-state index in [0.717, 1.165) is 19.3 Å². The first kappa shape index (κ1) is 12.9. The minimum atomic E-state index is -0.156. The first-order chi connectivity index (χ1) is 5.89. The van der Waals surface area contributed by atoms with Crippen molar-refractivity contribution in [3.8, 4) is 0 Å². The maximum atomic E-state index is 8.95. The molecule has 2 heteroatoms. The summed E-state index contributed by atoms with van der Waals surface area (Å²) in [7, 11) is 0. The second-order valence-electron chi connectivity index (χ2n) is 5.03. The molecule has 0 aliphatic rings. The summed E-state index contributed by atoms with van der Waals surface area (Å²) < 4.78 is 0. The molecule has 0 heterocycles. The van der Waals surface area contributed by atoms with Crippen molar-refractivity contribution in [2.24, 2.45) is 17.6 Å². The Bertz CT molecular complexity index is 122. The van der Waals surface area contributed by atoms with Gasteiger partial charge in [0.25, 0.3) is 0 Å². The smallest absolute Gasteiger partial charge is 0.0448 e. The lowest BCUT2D eigenvalue weighted by atomic mass is 9.80. The van der Waals surface area contributed by atoms with Crippen LogP contribution in [0.3, 0.4) is 0 Å². The van der Waals surface area contributed by atoms with Crippen molar-refractivity contribution in [2.45, 2.75) is 52.5 Å². The Morgan fingerprint density at radius 1 is 1.08 bits per heavy atom. The molecule has 0 aromatic carbocycles. The molecule has 0 rings (SSSR count). The molecule has 0 fully saturated rings. The van der Waals surface area contributed by atoms with Crippen LogP contribution in [0.5, 0.6) is 0 Å². The Balaban J connectivity index is 4.15. The molecule has 0 aromatic rings. The summed E-state index contributed by atoms with van der Waals surface area (Å²) in [4.78, 5) is 0. The van der Waals surface area contributed by atoms with Gasteiger partial charge in [-0.15, -0.1) is 0 Å². The van der Waals surface area contributed by atoms with Crippen LogP contribution in [0.4, 0.5) is 0 Å². The first-order valence-corrected chi connectivity index (χ1v) is 5.29. The van der Waals surface area contributed by atoms with E-state index >= 15 is 0 Å². The highest BCUT2D eigenvalue weighted by atomic mass is 16.3. The van der Waals surface area contributed by atoms with Crippen LogP contribution in [-0.2, 0) is 0 Å². The van der Waals surface area contributed by atoms with Gasteiger partial charge in [0.1, 0.15) is 0 Å². The molecule has 0 aliphatic carbocycles. The highest BCUT2D eigenvalue weighted by Crippen LogP contribution is 2.25. The molecule has 0 amide bonds. The van der Waals surface area contributed by atoms with E-state index in [2.05, 4.69) is 27.7 Å². The van der Waals surface area contributed by atoms with Crippen molar-refractivity contribution in [1.82, 2.24) is 0 Å². The van der Waals surface area contributed by atoms with Crippen molar-refractivity contribution in [3.05, 3.63) is 0 Å². The standard InChI is InChI=1S/C11H25NO/c1-9(2)7-11(12,5-6-13)8-10(3)4/h9-10,13H,5-8,12H2,1-4H3. The molecule has 0 atom stereocenters. The number of hydrogen-bond acceptors (Lipinski definition) is 2. The Kier molecular flexibility index (Phi) is 5.57. The fraction of sp³-hybridized carbons (Fsp3) is 1.00. The van der Waals surface area contributed by atoms with E-state index in [1.54, 1.807) is 0 Å². The molecule has 0 aromatic heterocycles. The van der Waals surface area contributed by atoms with Crippen molar-refractivity contribution in [2.75, 3.05) is 6.61 Å². The second-order valence-corrected chi connectivity index (χ2v) is 5.03. The summed E-state index contributed by atoms with van der Waals surface area (Å²) in [5.41, 5.74) is 6.09. The third-order valence-corrected chi connectivity index (χ3v) is 2.24. The lowest BCUT2D eigenvalue weighted by molar-refractivity contribution is 0.197. The van der Waals surface area contributed by atoms with Gasteiger partial charge in [-0.2, -0.15) is 0 Å². The summed E-state index contributed by atoms with van der Waals surface area (Å²) >= 11 is 0. The Morgan fingerprint density at radius 2 is 1.46 bits per heavy atom. The maximum absolute atomic E-state index is 8.95. The van der Waals surface area contributed by atoms with Crippen molar-refractivity contribution in [3.63, 3.8) is 0 Å². The molecule has 80 valence electrons. The topological polar surface area (TPSA) is 46.2 Å². The third kappa shape index (κ3) is 6.05. The van der Waals surface area contributed by atoms with Crippen LogP contribution in [0, 0.1) is 11.8 Å². The van der Waals surface area contributed by atoms with Crippen LogP contribution in [-0.4, -0.2) is 17.3 Å². The Hall–Kier alpha value is -0.0800. The average molecular weight is 187 g/mol. The molecule has 0 radical (unpaired) electrons. The van der Waals surface area contributed by atoms with E-state index in [9.17, 15) is 0 Å². The van der Waals surface area contributed by atoms with Gasteiger partial charge in [0, 0.05) is 12.1 Å². The Morgan fingerprint density at radius 3 is 1.69 bits per heavy atom. The number of rotatable bonds is 6. The number of aliphatic hydroxyl groups is 1. The molecular weight excluding hydrogens is 162 g/mol. The number of hydrogen-bond donors (Lipinski definition) is 2. The zero-order valence-corrected chi connectivity index (χ0v) is 9.51. The highest BCUT2D eigenvalue weighted by molar-refractivity contribution is 4.85. The largest absolute Gasteiger partial charge is 0.396 e. The van der Waals surface area contributed by atoms with Gasteiger partial charge < -0.3 is 10.8 Å². The van der Waals surface area contributed by atoms with Crippen LogP contribution in [0.2, 0.25) is 0 Å². The maximum Gasteiger partial charge on any atom is 0.0448 e. The van der Waals surface area contributed by atoms with Gasteiger partial charge in [-0.05, 0) is 31.1 Å². The van der Waals surface area contributed by atoms with Gasteiger partial charge in [-0.1, -0.05) is 27.7 Å². The number of nitrogens with two attached hydrogens (primary N) is 1. The fourth-order valence-electron chi connectivity index (χ4n) is 2.14. The van der Waals surface area contributed by atoms with Gasteiger partial charge in [-0.3, -0.25) is 0 Å². The molecule has 3 N–H and O–H groups in total. The SMILES string of the molecule is CC(C)CC(N)(CCO)CC(C)C. The zero-order valence-electron chi connectivity index (χ0n) is 9.51. The fourth-order valence-corrected chi connectivity index (χ4v) is 2.14. The van der Waals surface area contributed by atoms with Gasteiger partial charge >= 0.3 is 0 Å². The summed E-state index contributed by atoms with van der Waals surface area (Å²) in [5.74, 6) is 1.21. The molecule has 0 saturated carbocycles. The second kappa shape index (κ2) is 5.61. The van der Waals surface area contributed by atoms with Gasteiger partial charge in [0.15, 0.2) is 0 Å². The van der Waals surface area contributed by atoms with Crippen LogP contribution in [0.1, 0.15) is 47.0 Å². The van der Waals surface area contributed by atoms with Crippen molar-refractivity contribution >= 4 is 0 Å². The van der Waals surface area contributed by atoms with E-state index in [-0.39, 0.29) is 12.1 Å². The van der Waals surface area contributed by atoms with Crippen molar-refractivity contribution in [1.29, 1.82) is 0 Å². The third-order valence-electron chi connectivity index (χ3n) is 2.24. The monoisotopic (exact) mass is 187 g/mol. The molecule has 2 nitrogen and oxygen atoms in total. The van der Waals surface area contributed by atoms with Crippen molar-refractivity contribution < 1.29 is 5.11 Å². The van der Waals surface area contributed by atoms with Crippen LogP contribution in [0.25, 0.3) is 0 Å². The first-order valence-electron chi connectivity index (χ1n) is 5.29. The summed E-state index contributed by atoms with van der Waals surface area (Å²) in [6.45, 7) is 8.92. The average Bonchev–Trinajstić information content (AvgIpc) is 1.81. The van der Waals surface area contributed by atoms with Crippen LogP contribution >= 0.6 is 0 Å². The zero-order chi connectivity index (χ0) is 10.5. The van der Waals surface area contributed by atoms with Gasteiger partial charge in [0.2, 0.25) is 0 Å².